The van der Waals surface area contributed by atoms with E-state index < -0.39 is 0 Å². The lowest BCUT2D eigenvalue weighted by atomic mass is 10.2. The van der Waals surface area contributed by atoms with E-state index in [9.17, 15) is 0 Å². The zero-order valence-corrected chi connectivity index (χ0v) is 6.76. The van der Waals surface area contributed by atoms with Crippen molar-refractivity contribution in [1.82, 2.24) is 10.4 Å². The third-order valence-electron chi connectivity index (χ3n) is 1.97. The average Bonchev–Trinajstić information content (AvgIpc) is 2.43. The molecule has 1 aliphatic rings. The fraction of sp³-hybridized carbons (Fsp3) is 1.00. The van der Waals surface area contributed by atoms with Crippen LogP contribution in [-0.2, 0) is 4.74 Å². The molecule has 0 saturated carbocycles. The largest absolute Gasteiger partial charge is 0.380 e. The number of hydrogen-bond acceptors (Lipinski definition) is 3. The number of nitrogens with zero attached hydrogens (tertiary/aromatic N) is 1. The Hall–Kier alpha value is -0.120. The lowest BCUT2D eigenvalue weighted by Gasteiger charge is -2.24. The average molecular weight is 144 g/mol. The topological polar surface area (TPSA) is 24.5 Å². The van der Waals surface area contributed by atoms with E-state index in [1.807, 2.05) is 7.05 Å². The predicted molar refractivity (Wildman–Crippen MR) is 40.7 cm³/mol. The van der Waals surface area contributed by atoms with E-state index in [0.717, 1.165) is 26.2 Å². The van der Waals surface area contributed by atoms with Crippen LogP contribution in [-0.4, -0.2) is 37.9 Å². The summed E-state index contributed by atoms with van der Waals surface area (Å²) in [4.78, 5) is 0. The maximum atomic E-state index is 5.26. The van der Waals surface area contributed by atoms with Gasteiger partial charge in [-0.15, -0.1) is 0 Å². The van der Waals surface area contributed by atoms with Crippen LogP contribution in [0, 0.1) is 0 Å². The van der Waals surface area contributed by atoms with Crippen LogP contribution in [0.5, 0.6) is 0 Å². The molecule has 0 aromatic rings. The fourth-order valence-corrected chi connectivity index (χ4v) is 1.37. The molecule has 1 heterocycles. The van der Waals surface area contributed by atoms with Crippen molar-refractivity contribution >= 4 is 0 Å². The second kappa shape index (κ2) is 3.91. The van der Waals surface area contributed by atoms with Crippen molar-refractivity contribution in [2.45, 2.75) is 19.4 Å². The molecule has 1 N–H and O–H groups in total. The van der Waals surface area contributed by atoms with Gasteiger partial charge in [-0.05, 0) is 13.5 Å². The van der Waals surface area contributed by atoms with Crippen molar-refractivity contribution in [2.75, 3.05) is 26.8 Å². The van der Waals surface area contributed by atoms with Gasteiger partial charge < -0.3 is 4.74 Å². The van der Waals surface area contributed by atoms with Crippen LogP contribution < -0.4 is 5.43 Å². The molecule has 0 aromatic heterocycles. The highest BCUT2D eigenvalue weighted by molar-refractivity contribution is 4.71. The summed E-state index contributed by atoms with van der Waals surface area (Å²) in [5.41, 5.74) is 3.15. The van der Waals surface area contributed by atoms with Gasteiger partial charge >= 0.3 is 0 Å². The number of rotatable bonds is 3. The number of hydrogen-bond donors (Lipinski definition) is 1. The van der Waals surface area contributed by atoms with Gasteiger partial charge in [-0.1, -0.05) is 6.92 Å². The first-order chi connectivity index (χ1) is 4.88. The number of ether oxygens (including phenoxy) is 1. The molecule has 3 heteroatoms. The monoisotopic (exact) mass is 144 g/mol. The minimum atomic E-state index is 0.593. The summed E-state index contributed by atoms with van der Waals surface area (Å²) < 4.78 is 5.26. The van der Waals surface area contributed by atoms with E-state index in [1.165, 1.54) is 0 Å². The molecule has 60 valence electrons. The van der Waals surface area contributed by atoms with Gasteiger partial charge in [0.15, 0.2) is 0 Å². The Morgan fingerprint density at radius 2 is 2.50 bits per heavy atom. The van der Waals surface area contributed by atoms with Gasteiger partial charge in [-0.25, -0.2) is 5.01 Å². The van der Waals surface area contributed by atoms with Crippen molar-refractivity contribution in [3.63, 3.8) is 0 Å². The molecule has 10 heavy (non-hydrogen) atoms. The van der Waals surface area contributed by atoms with Crippen LogP contribution in [0.15, 0.2) is 0 Å². The summed E-state index contributed by atoms with van der Waals surface area (Å²) in [5.74, 6) is 0. The van der Waals surface area contributed by atoms with E-state index in [2.05, 4.69) is 17.4 Å². The zero-order valence-electron chi connectivity index (χ0n) is 6.76. The maximum absolute atomic E-state index is 5.26. The molecule has 1 saturated heterocycles. The molecule has 1 atom stereocenters. The summed E-state index contributed by atoms with van der Waals surface area (Å²) in [6, 6.07) is 0.593. The molecule has 0 aromatic carbocycles. The van der Waals surface area contributed by atoms with Crippen LogP contribution in [0.1, 0.15) is 13.3 Å². The Balaban J connectivity index is 2.29. The Morgan fingerprint density at radius 1 is 1.70 bits per heavy atom. The quantitative estimate of drug-likeness (QED) is 0.574. The molecule has 3 nitrogen and oxygen atoms in total. The van der Waals surface area contributed by atoms with Gasteiger partial charge in [0.05, 0.1) is 6.61 Å². The second-order valence-corrected chi connectivity index (χ2v) is 2.53. The Kier molecular flexibility index (Phi) is 3.12. The summed E-state index contributed by atoms with van der Waals surface area (Å²) in [5, 5.41) is 2.22. The summed E-state index contributed by atoms with van der Waals surface area (Å²) in [7, 11) is 1.96. The molecule has 0 radical (unpaired) electrons. The standard InChI is InChI=1S/C7H16N2O/c1-3-9(8-2)7-4-5-10-6-7/h7-8H,3-6H2,1-2H3/t7-/m1/s1. The van der Waals surface area contributed by atoms with Crippen molar-refractivity contribution in [1.29, 1.82) is 0 Å². The molecule has 0 aliphatic carbocycles. The van der Waals surface area contributed by atoms with Crippen molar-refractivity contribution in [3.8, 4) is 0 Å². The molecule has 0 unspecified atom stereocenters. The zero-order chi connectivity index (χ0) is 7.40. The molecular weight excluding hydrogens is 128 g/mol. The molecule has 1 rings (SSSR count). The molecule has 0 amide bonds. The van der Waals surface area contributed by atoms with E-state index in [1.54, 1.807) is 0 Å². The maximum Gasteiger partial charge on any atom is 0.0636 e. The first kappa shape index (κ1) is 7.98. The molecule has 0 spiro atoms. The number of nitrogens with one attached hydrogen (secondary N) is 1. The minimum absolute atomic E-state index is 0.593. The lowest BCUT2D eigenvalue weighted by Crippen LogP contribution is -2.43. The SMILES string of the molecule is CCN(NC)[C@@H]1CCOC1. The van der Waals surface area contributed by atoms with Crippen LogP contribution in [0.2, 0.25) is 0 Å². The van der Waals surface area contributed by atoms with E-state index in [-0.39, 0.29) is 0 Å². The third-order valence-corrected chi connectivity index (χ3v) is 1.97. The molecule has 1 fully saturated rings. The highest BCUT2D eigenvalue weighted by atomic mass is 16.5. The van der Waals surface area contributed by atoms with Crippen LogP contribution >= 0.6 is 0 Å². The van der Waals surface area contributed by atoms with Gasteiger partial charge in [0.2, 0.25) is 0 Å². The minimum Gasteiger partial charge on any atom is -0.380 e. The van der Waals surface area contributed by atoms with Crippen molar-refractivity contribution in [2.24, 2.45) is 0 Å². The normalized spacial score (nSPS) is 26.1. The Bertz CT molecular complexity index is 87.6. The number of likely N-dealkylation sites (N-methyl/N-ethyl adjacent to an activating group) is 1. The first-order valence-corrected chi connectivity index (χ1v) is 3.90. The Morgan fingerprint density at radius 3 is 2.90 bits per heavy atom. The predicted octanol–water partition coefficient (Wildman–Crippen LogP) is 0.232. The molecule has 1 aliphatic heterocycles. The Labute approximate surface area is 62.3 Å². The highest BCUT2D eigenvalue weighted by Crippen LogP contribution is 2.08. The smallest absolute Gasteiger partial charge is 0.0636 e. The van der Waals surface area contributed by atoms with Crippen molar-refractivity contribution in [3.05, 3.63) is 0 Å². The van der Waals surface area contributed by atoms with Gasteiger partial charge in [-0.2, -0.15) is 0 Å². The second-order valence-electron chi connectivity index (χ2n) is 2.53. The molecule has 0 bridgehead atoms. The number of hydrazine groups is 1. The van der Waals surface area contributed by atoms with Gasteiger partial charge in [-0.3, -0.25) is 5.43 Å². The van der Waals surface area contributed by atoms with Crippen LogP contribution in [0.4, 0.5) is 0 Å². The fourth-order valence-electron chi connectivity index (χ4n) is 1.37. The van der Waals surface area contributed by atoms with Gasteiger partial charge in [0, 0.05) is 19.2 Å². The third kappa shape index (κ3) is 1.68. The van der Waals surface area contributed by atoms with Gasteiger partial charge in [0.1, 0.15) is 0 Å². The first-order valence-electron chi connectivity index (χ1n) is 3.90. The van der Waals surface area contributed by atoms with Gasteiger partial charge in [0.25, 0.3) is 0 Å². The van der Waals surface area contributed by atoms with Crippen LogP contribution in [0.25, 0.3) is 0 Å². The van der Waals surface area contributed by atoms with E-state index >= 15 is 0 Å². The summed E-state index contributed by atoms with van der Waals surface area (Å²) in [6.45, 7) is 5.00. The summed E-state index contributed by atoms with van der Waals surface area (Å²) in [6.07, 6.45) is 1.16. The molecular formula is C7H16N2O. The summed E-state index contributed by atoms with van der Waals surface area (Å²) >= 11 is 0. The lowest BCUT2D eigenvalue weighted by molar-refractivity contribution is 0.117. The van der Waals surface area contributed by atoms with E-state index in [0.29, 0.717) is 6.04 Å². The highest BCUT2D eigenvalue weighted by Gasteiger charge is 2.20. The van der Waals surface area contributed by atoms with E-state index in [4.69, 9.17) is 4.74 Å². The van der Waals surface area contributed by atoms with Crippen LogP contribution in [0.3, 0.4) is 0 Å². The van der Waals surface area contributed by atoms with Crippen molar-refractivity contribution < 1.29 is 4.74 Å².